The Morgan fingerprint density at radius 2 is 1.84 bits per heavy atom. The van der Waals surface area contributed by atoms with Crippen LogP contribution in [0.4, 0.5) is 0 Å². The molecule has 0 unspecified atom stereocenters. The third-order valence-corrected chi connectivity index (χ3v) is 3.06. The van der Waals surface area contributed by atoms with Crippen molar-refractivity contribution in [2.75, 3.05) is 0 Å². The zero-order chi connectivity index (χ0) is 13.3. The lowest BCUT2D eigenvalue weighted by Crippen LogP contribution is -1.99. The monoisotopic (exact) mass is 258 g/mol. The summed E-state index contributed by atoms with van der Waals surface area (Å²) < 4.78 is 4.72. The molecule has 2 rings (SSSR count). The molecule has 0 amide bonds. The van der Waals surface area contributed by atoms with Crippen LogP contribution in [0.2, 0.25) is 0 Å². The second-order valence-electron chi connectivity index (χ2n) is 4.57. The predicted octanol–water partition coefficient (Wildman–Crippen LogP) is 3.45. The van der Waals surface area contributed by atoms with Crippen LogP contribution in [0.25, 0.3) is 0 Å². The van der Waals surface area contributed by atoms with E-state index in [9.17, 15) is 4.79 Å². The van der Waals surface area contributed by atoms with E-state index in [0.29, 0.717) is 6.42 Å². The molecule has 1 heterocycles. The number of hydrogen-bond acceptors (Lipinski definition) is 4. The number of ketones is 1. The number of aromatic nitrogens is 2. The molecule has 1 aromatic heterocycles. The van der Waals surface area contributed by atoms with E-state index in [1.165, 1.54) is 18.3 Å². The van der Waals surface area contributed by atoms with Gasteiger partial charge in [0.05, 0.1) is 0 Å². The molecule has 2 aromatic rings. The molecule has 0 spiro atoms. The molecule has 0 aliphatic carbocycles. The molecule has 0 aliphatic heterocycles. The van der Waals surface area contributed by atoms with Crippen LogP contribution in [0, 0.1) is 0 Å². The molecular formula is C15H18N2O2. The molecule has 19 heavy (non-hydrogen) atoms. The fraction of sp³-hybridized carbons (Fsp3) is 0.400. The van der Waals surface area contributed by atoms with Gasteiger partial charge in [-0.2, -0.15) is 4.98 Å². The van der Waals surface area contributed by atoms with Gasteiger partial charge in [-0.05, 0) is 24.8 Å². The minimum atomic E-state index is -0.0550. The van der Waals surface area contributed by atoms with Crippen molar-refractivity contribution in [2.24, 2.45) is 0 Å². The fourth-order valence-corrected chi connectivity index (χ4v) is 2.02. The van der Waals surface area contributed by atoms with Gasteiger partial charge < -0.3 is 4.52 Å². The maximum absolute atomic E-state index is 11.6. The highest BCUT2D eigenvalue weighted by atomic mass is 16.5. The fourth-order valence-electron chi connectivity index (χ4n) is 2.02. The highest BCUT2D eigenvalue weighted by molar-refractivity contribution is 5.91. The summed E-state index contributed by atoms with van der Waals surface area (Å²) in [5.41, 5.74) is 1.38. The van der Waals surface area contributed by atoms with Crippen molar-refractivity contribution >= 4 is 5.78 Å². The number of nitrogens with zero attached hydrogens (tertiary/aromatic N) is 2. The van der Waals surface area contributed by atoms with Crippen LogP contribution < -0.4 is 0 Å². The molecule has 100 valence electrons. The van der Waals surface area contributed by atoms with Crippen LogP contribution in [0.15, 0.2) is 41.2 Å². The van der Waals surface area contributed by atoms with Gasteiger partial charge in [0.2, 0.25) is 5.78 Å². The van der Waals surface area contributed by atoms with E-state index in [4.69, 9.17) is 4.52 Å². The number of carbonyl (C=O) groups is 1. The largest absolute Gasteiger partial charge is 0.331 e. The minimum Gasteiger partial charge on any atom is -0.331 e. The first-order valence-corrected chi connectivity index (χ1v) is 6.70. The van der Waals surface area contributed by atoms with Crippen LogP contribution in [-0.4, -0.2) is 15.9 Å². The second kappa shape index (κ2) is 7.46. The Bertz CT molecular complexity index is 480. The van der Waals surface area contributed by atoms with Crippen molar-refractivity contribution in [2.45, 2.75) is 38.5 Å². The molecule has 0 atom stereocenters. The molecular weight excluding hydrogens is 240 g/mol. The SMILES string of the molecule is O=C(CCCCCCc1ccccc1)c1ncno1. The van der Waals surface area contributed by atoms with Crippen molar-refractivity contribution in [3.8, 4) is 0 Å². The Morgan fingerprint density at radius 1 is 1.05 bits per heavy atom. The van der Waals surface area contributed by atoms with E-state index < -0.39 is 0 Å². The number of benzene rings is 1. The van der Waals surface area contributed by atoms with Gasteiger partial charge in [0.25, 0.3) is 5.89 Å². The van der Waals surface area contributed by atoms with Crippen LogP contribution in [0.1, 0.15) is 48.4 Å². The molecule has 1 aromatic carbocycles. The lowest BCUT2D eigenvalue weighted by Gasteiger charge is -2.01. The molecule has 0 aliphatic rings. The average Bonchev–Trinajstić information content (AvgIpc) is 2.98. The maximum atomic E-state index is 11.6. The van der Waals surface area contributed by atoms with E-state index in [-0.39, 0.29) is 11.7 Å². The van der Waals surface area contributed by atoms with Crippen LogP contribution in [0.5, 0.6) is 0 Å². The molecule has 0 bridgehead atoms. The van der Waals surface area contributed by atoms with Crippen molar-refractivity contribution in [1.29, 1.82) is 0 Å². The lowest BCUT2D eigenvalue weighted by molar-refractivity contribution is 0.0936. The topological polar surface area (TPSA) is 56.0 Å². The summed E-state index contributed by atoms with van der Waals surface area (Å²) in [5, 5.41) is 3.43. The zero-order valence-electron chi connectivity index (χ0n) is 10.9. The van der Waals surface area contributed by atoms with E-state index in [1.54, 1.807) is 0 Å². The van der Waals surface area contributed by atoms with E-state index >= 15 is 0 Å². The minimum absolute atomic E-state index is 0.0550. The van der Waals surface area contributed by atoms with Crippen LogP contribution >= 0.6 is 0 Å². The molecule has 4 nitrogen and oxygen atoms in total. The van der Waals surface area contributed by atoms with Crippen molar-refractivity contribution < 1.29 is 9.32 Å². The van der Waals surface area contributed by atoms with Gasteiger partial charge in [0.15, 0.2) is 6.33 Å². The number of aryl methyl sites for hydroxylation is 1. The first-order chi connectivity index (χ1) is 9.36. The van der Waals surface area contributed by atoms with Crippen molar-refractivity contribution in [3.05, 3.63) is 48.1 Å². The van der Waals surface area contributed by atoms with Gasteiger partial charge in [-0.3, -0.25) is 4.79 Å². The number of hydrogen-bond donors (Lipinski definition) is 0. The summed E-state index contributed by atoms with van der Waals surface area (Å²) >= 11 is 0. The number of carbonyl (C=O) groups excluding carboxylic acids is 1. The molecule has 0 saturated carbocycles. The predicted molar refractivity (Wildman–Crippen MR) is 71.9 cm³/mol. The quantitative estimate of drug-likeness (QED) is 0.537. The standard InChI is InChI=1S/C15H18N2O2/c18-14(15-16-12-17-19-15)11-7-2-1-4-8-13-9-5-3-6-10-13/h3,5-6,9-10,12H,1-2,4,7-8,11H2. The first kappa shape index (κ1) is 13.5. The van der Waals surface area contributed by atoms with Crippen LogP contribution in [-0.2, 0) is 6.42 Å². The Balaban J connectivity index is 1.54. The molecule has 0 N–H and O–H groups in total. The van der Waals surface area contributed by atoms with E-state index in [0.717, 1.165) is 25.7 Å². The third-order valence-electron chi connectivity index (χ3n) is 3.06. The van der Waals surface area contributed by atoms with Gasteiger partial charge in [-0.25, -0.2) is 0 Å². The Kier molecular flexibility index (Phi) is 5.29. The maximum Gasteiger partial charge on any atom is 0.293 e. The van der Waals surface area contributed by atoms with E-state index in [1.807, 2.05) is 6.07 Å². The van der Waals surface area contributed by atoms with Crippen LogP contribution in [0.3, 0.4) is 0 Å². The molecule has 0 radical (unpaired) electrons. The van der Waals surface area contributed by atoms with Gasteiger partial charge in [0, 0.05) is 6.42 Å². The zero-order valence-corrected chi connectivity index (χ0v) is 10.9. The molecule has 4 heteroatoms. The normalized spacial score (nSPS) is 10.5. The number of Topliss-reactive ketones (excluding diaryl/α,β-unsaturated/α-hetero) is 1. The van der Waals surface area contributed by atoms with Crippen molar-refractivity contribution in [1.82, 2.24) is 10.1 Å². The number of rotatable bonds is 8. The third kappa shape index (κ3) is 4.66. The molecule has 0 saturated heterocycles. The summed E-state index contributed by atoms with van der Waals surface area (Å²) in [5.74, 6) is 0.0739. The van der Waals surface area contributed by atoms with Gasteiger partial charge >= 0.3 is 0 Å². The summed E-state index contributed by atoms with van der Waals surface area (Å²) in [6.07, 6.45) is 7.12. The smallest absolute Gasteiger partial charge is 0.293 e. The average molecular weight is 258 g/mol. The number of unbranched alkanes of at least 4 members (excludes halogenated alkanes) is 3. The Hall–Kier alpha value is -1.97. The van der Waals surface area contributed by atoms with Crippen molar-refractivity contribution in [3.63, 3.8) is 0 Å². The lowest BCUT2D eigenvalue weighted by atomic mass is 10.0. The summed E-state index contributed by atoms with van der Waals surface area (Å²) in [7, 11) is 0. The molecule has 0 fully saturated rings. The van der Waals surface area contributed by atoms with E-state index in [2.05, 4.69) is 34.4 Å². The summed E-state index contributed by atoms with van der Waals surface area (Å²) in [6.45, 7) is 0. The Morgan fingerprint density at radius 3 is 2.58 bits per heavy atom. The second-order valence-corrected chi connectivity index (χ2v) is 4.57. The highest BCUT2D eigenvalue weighted by Crippen LogP contribution is 2.10. The summed E-state index contributed by atoms with van der Waals surface area (Å²) in [4.78, 5) is 15.3. The van der Waals surface area contributed by atoms with Gasteiger partial charge in [-0.15, -0.1) is 0 Å². The Labute approximate surface area is 112 Å². The highest BCUT2D eigenvalue weighted by Gasteiger charge is 2.10. The van der Waals surface area contributed by atoms with Gasteiger partial charge in [-0.1, -0.05) is 48.3 Å². The van der Waals surface area contributed by atoms with Gasteiger partial charge in [0.1, 0.15) is 0 Å². The first-order valence-electron chi connectivity index (χ1n) is 6.70. The summed E-state index contributed by atoms with van der Waals surface area (Å²) in [6, 6.07) is 10.5.